The number of piperidine rings is 1. The molecule has 0 aromatic heterocycles. The van der Waals surface area contributed by atoms with Gasteiger partial charge in [-0.25, -0.2) is 0 Å². The number of rotatable bonds is 6. The lowest BCUT2D eigenvalue weighted by molar-refractivity contribution is 0.0238. The van der Waals surface area contributed by atoms with Crippen LogP contribution in [0.1, 0.15) is 47.0 Å². The van der Waals surface area contributed by atoms with Gasteiger partial charge in [-0.15, -0.1) is 0 Å². The van der Waals surface area contributed by atoms with E-state index in [4.69, 9.17) is 0 Å². The maximum Gasteiger partial charge on any atom is 0.0766 e. The Labute approximate surface area is 107 Å². The number of hydrogen-bond acceptors (Lipinski definition) is 3. The quantitative estimate of drug-likeness (QED) is 0.746. The Balaban J connectivity index is 2.37. The lowest BCUT2D eigenvalue weighted by atomic mass is 9.91. The molecule has 0 aliphatic carbocycles. The fraction of sp³-hybridized carbons (Fsp3) is 1.00. The second-order valence-electron chi connectivity index (χ2n) is 5.58. The third-order valence-corrected chi connectivity index (χ3v) is 4.45. The minimum Gasteiger partial charge on any atom is -0.389 e. The van der Waals surface area contributed by atoms with Gasteiger partial charge in [-0.2, -0.15) is 0 Å². The van der Waals surface area contributed by atoms with Crippen LogP contribution in [0.3, 0.4) is 0 Å². The third kappa shape index (κ3) is 4.23. The zero-order valence-corrected chi connectivity index (χ0v) is 12.0. The van der Waals surface area contributed by atoms with Gasteiger partial charge in [0.2, 0.25) is 0 Å². The van der Waals surface area contributed by atoms with E-state index >= 15 is 0 Å². The molecule has 2 unspecified atom stereocenters. The first kappa shape index (κ1) is 14.9. The van der Waals surface area contributed by atoms with Crippen molar-refractivity contribution >= 4 is 0 Å². The molecule has 17 heavy (non-hydrogen) atoms. The van der Waals surface area contributed by atoms with Crippen molar-refractivity contribution in [3.05, 3.63) is 0 Å². The van der Waals surface area contributed by atoms with Gasteiger partial charge in [-0.1, -0.05) is 27.7 Å². The number of nitrogens with zero attached hydrogens (tertiary/aromatic N) is 1. The van der Waals surface area contributed by atoms with Crippen molar-refractivity contribution in [1.82, 2.24) is 10.2 Å². The highest BCUT2D eigenvalue weighted by Crippen LogP contribution is 2.19. The fourth-order valence-corrected chi connectivity index (χ4v) is 2.64. The third-order valence-electron chi connectivity index (χ3n) is 4.45. The van der Waals surface area contributed by atoms with Crippen LogP contribution in [0.25, 0.3) is 0 Å². The summed E-state index contributed by atoms with van der Waals surface area (Å²) in [6.07, 6.45) is 2.87. The summed E-state index contributed by atoms with van der Waals surface area (Å²) in [6.45, 7) is 12.9. The molecule has 0 saturated carbocycles. The SMILES string of the molecule is CCN1CCC(NCC(O)(CC)CC)C(C)C1. The number of hydrogen-bond donors (Lipinski definition) is 2. The van der Waals surface area contributed by atoms with E-state index in [1.165, 1.54) is 19.5 Å². The first-order valence-electron chi connectivity index (χ1n) is 7.22. The molecule has 2 atom stereocenters. The summed E-state index contributed by atoms with van der Waals surface area (Å²) in [5, 5.41) is 13.9. The van der Waals surface area contributed by atoms with E-state index in [-0.39, 0.29) is 0 Å². The molecule has 1 heterocycles. The zero-order valence-electron chi connectivity index (χ0n) is 12.0. The molecule has 0 spiro atoms. The standard InChI is InChI=1S/C14H30N2O/c1-5-14(17,6-2)11-15-13-8-9-16(7-3)10-12(13)4/h12-13,15,17H,5-11H2,1-4H3. The van der Waals surface area contributed by atoms with Crippen molar-refractivity contribution in [2.24, 2.45) is 5.92 Å². The molecule has 1 saturated heterocycles. The second-order valence-corrected chi connectivity index (χ2v) is 5.58. The summed E-state index contributed by atoms with van der Waals surface area (Å²) < 4.78 is 0. The summed E-state index contributed by atoms with van der Waals surface area (Å²) in [6, 6.07) is 0.572. The van der Waals surface area contributed by atoms with E-state index in [0.29, 0.717) is 12.0 Å². The van der Waals surface area contributed by atoms with Gasteiger partial charge in [0.25, 0.3) is 0 Å². The van der Waals surface area contributed by atoms with Gasteiger partial charge in [0.15, 0.2) is 0 Å². The van der Waals surface area contributed by atoms with Crippen molar-refractivity contribution < 1.29 is 5.11 Å². The molecule has 0 aromatic rings. The first-order chi connectivity index (χ1) is 8.04. The van der Waals surface area contributed by atoms with E-state index < -0.39 is 5.60 Å². The van der Waals surface area contributed by atoms with Crippen molar-refractivity contribution in [2.45, 2.75) is 58.6 Å². The smallest absolute Gasteiger partial charge is 0.0766 e. The molecular formula is C14H30N2O. The molecule has 0 aromatic carbocycles. The van der Waals surface area contributed by atoms with E-state index in [9.17, 15) is 5.11 Å². The molecule has 1 rings (SSSR count). The maximum absolute atomic E-state index is 10.3. The van der Waals surface area contributed by atoms with Gasteiger partial charge in [0.1, 0.15) is 0 Å². The fourth-order valence-electron chi connectivity index (χ4n) is 2.64. The topological polar surface area (TPSA) is 35.5 Å². The van der Waals surface area contributed by atoms with Crippen LogP contribution in [-0.2, 0) is 0 Å². The molecular weight excluding hydrogens is 212 g/mol. The summed E-state index contributed by atoms with van der Waals surface area (Å²) in [5.41, 5.74) is -0.512. The van der Waals surface area contributed by atoms with E-state index in [0.717, 1.165) is 25.9 Å². The average molecular weight is 242 g/mol. The van der Waals surface area contributed by atoms with Crippen LogP contribution < -0.4 is 5.32 Å². The minimum absolute atomic E-state index is 0.512. The summed E-state index contributed by atoms with van der Waals surface area (Å²) in [5.74, 6) is 0.682. The van der Waals surface area contributed by atoms with E-state index in [1.54, 1.807) is 0 Å². The van der Waals surface area contributed by atoms with Crippen molar-refractivity contribution in [3.63, 3.8) is 0 Å². The Bertz CT molecular complexity index is 216. The van der Waals surface area contributed by atoms with Gasteiger partial charge in [-0.05, 0) is 38.3 Å². The van der Waals surface area contributed by atoms with Gasteiger partial charge < -0.3 is 15.3 Å². The van der Waals surface area contributed by atoms with Crippen LogP contribution in [0.2, 0.25) is 0 Å². The molecule has 102 valence electrons. The highest BCUT2D eigenvalue weighted by Gasteiger charge is 2.28. The van der Waals surface area contributed by atoms with Crippen LogP contribution in [0.15, 0.2) is 0 Å². The summed E-state index contributed by atoms with van der Waals surface area (Å²) in [4.78, 5) is 2.51. The molecule has 1 aliphatic heterocycles. The molecule has 1 fully saturated rings. The normalized spacial score (nSPS) is 27.4. The molecule has 1 aliphatic rings. The molecule has 0 amide bonds. The number of aliphatic hydroxyl groups is 1. The summed E-state index contributed by atoms with van der Waals surface area (Å²) in [7, 11) is 0. The lowest BCUT2D eigenvalue weighted by Gasteiger charge is -2.38. The Morgan fingerprint density at radius 3 is 2.41 bits per heavy atom. The Morgan fingerprint density at radius 2 is 1.94 bits per heavy atom. The average Bonchev–Trinajstić information content (AvgIpc) is 2.36. The van der Waals surface area contributed by atoms with E-state index in [2.05, 4.69) is 37.9 Å². The zero-order chi connectivity index (χ0) is 12.9. The number of likely N-dealkylation sites (tertiary alicyclic amines) is 1. The van der Waals surface area contributed by atoms with Crippen LogP contribution in [-0.4, -0.2) is 47.8 Å². The van der Waals surface area contributed by atoms with Gasteiger partial charge in [0.05, 0.1) is 5.60 Å². The first-order valence-corrected chi connectivity index (χ1v) is 7.22. The Kier molecular flexibility index (Phi) is 5.90. The molecule has 0 radical (unpaired) electrons. The molecule has 0 bridgehead atoms. The van der Waals surface area contributed by atoms with E-state index in [1.807, 2.05) is 0 Å². The van der Waals surface area contributed by atoms with Crippen molar-refractivity contribution in [3.8, 4) is 0 Å². The van der Waals surface area contributed by atoms with Crippen LogP contribution in [0, 0.1) is 5.92 Å². The molecule has 3 nitrogen and oxygen atoms in total. The van der Waals surface area contributed by atoms with Crippen molar-refractivity contribution in [2.75, 3.05) is 26.2 Å². The molecule has 3 heteroatoms. The Hall–Kier alpha value is -0.120. The molecule has 2 N–H and O–H groups in total. The van der Waals surface area contributed by atoms with Gasteiger partial charge in [-0.3, -0.25) is 0 Å². The maximum atomic E-state index is 10.3. The monoisotopic (exact) mass is 242 g/mol. The summed E-state index contributed by atoms with van der Waals surface area (Å²) >= 11 is 0. The second kappa shape index (κ2) is 6.72. The minimum atomic E-state index is -0.512. The van der Waals surface area contributed by atoms with Crippen LogP contribution in [0.5, 0.6) is 0 Å². The van der Waals surface area contributed by atoms with Gasteiger partial charge >= 0.3 is 0 Å². The van der Waals surface area contributed by atoms with Crippen LogP contribution >= 0.6 is 0 Å². The van der Waals surface area contributed by atoms with Gasteiger partial charge in [0, 0.05) is 19.1 Å². The number of nitrogens with one attached hydrogen (secondary N) is 1. The van der Waals surface area contributed by atoms with Crippen LogP contribution in [0.4, 0.5) is 0 Å². The Morgan fingerprint density at radius 1 is 1.29 bits per heavy atom. The largest absolute Gasteiger partial charge is 0.389 e. The van der Waals surface area contributed by atoms with Crippen molar-refractivity contribution in [1.29, 1.82) is 0 Å². The highest BCUT2D eigenvalue weighted by molar-refractivity contribution is 4.86. The lowest BCUT2D eigenvalue weighted by Crippen LogP contribution is -2.52. The predicted molar refractivity (Wildman–Crippen MR) is 73.2 cm³/mol. The highest BCUT2D eigenvalue weighted by atomic mass is 16.3. The predicted octanol–water partition coefficient (Wildman–Crippen LogP) is 1.86.